The van der Waals surface area contributed by atoms with Crippen LogP contribution in [0.4, 0.5) is 0 Å². The summed E-state index contributed by atoms with van der Waals surface area (Å²) in [7, 11) is 0. The molecule has 2 heteroatoms. The van der Waals surface area contributed by atoms with Gasteiger partial charge in [0.15, 0.2) is 0 Å². The first-order chi connectivity index (χ1) is 9.28. The Labute approximate surface area is 143 Å². The second-order valence-corrected chi connectivity index (χ2v) is 8.59. The summed E-state index contributed by atoms with van der Waals surface area (Å²) in [5.74, 6) is 0. The summed E-state index contributed by atoms with van der Waals surface area (Å²) in [6, 6.07) is 13.3. The van der Waals surface area contributed by atoms with Crippen LogP contribution in [0.1, 0.15) is 49.9 Å². The monoisotopic (exact) mass is 440 g/mol. The summed E-state index contributed by atoms with van der Waals surface area (Å²) in [4.78, 5) is 0. The number of rotatable bonds is 0. The minimum absolute atomic E-state index is 0.0292. The molecule has 20 heavy (non-hydrogen) atoms. The zero-order valence-electron chi connectivity index (χ0n) is 12.2. The summed E-state index contributed by atoms with van der Waals surface area (Å²) >= 11 is 6.27. The molecule has 0 fully saturated rings. The molecule has 0 N–H and O–H groups in total. The molecule has 0 heterocycles. The van der Waals surface area contributed by atoms with Crippen LogP contribution < -0.4 is 0 Å². The van der Waals surface area contributed by atoms with E-state index in [-0.39, 0.29) is 10.8 Å². The second kappa shape index (κ2) is 4.57. The van der Waals surface area contributed by atoms with Gasteiger partial charge in [-0.2, -0.15) is 0 Å². The van der Waals surface area contributed by atoms with Crippen LogP contribution in [0.15, 0.2) is 40.9 Å². The van der Waals surface area contributed by atoms with Gasteiger partial charge in [0.1, 0.15) is 0 Å². The van der Waals surface area contributed by atoms with Gasteiger partial charge in [0, 0.05) is 18.9 Å². The average molecular weight is 441 g/mol. The Morgan fingerprint density at radius 1 is 0.800 bits per heavy atom. The van der Waals surface area contributed by atoms with Crippen molar-refractivity contribution >= 4 is 38.5 Å². The molecule has 1 aliphatic rings. The van der Waals surface area contributed by atoms with Gasteiger partial charge >= 0.3 is 0 Å². The number of hydrogen-bond acceptors (Lipinski definition) is 0. The minimum Gasteiger partial charge on any atom is -0.0619 e. The van der Waals surface area contributed by atoms with Gasteiger partial charge in [0.05, 0.1) is 0 Å². The van der Waals surface area contributed by atoms with E-state index in [1.54, 1.807) is 0 Å². The van der Waals surface area contributed by atoms with E-state index in [1.165, 1.54) is 30.3 Å². The second-order valence-electron chi connectivity index (χ2n) is 6.57. The quantitative estimate of drug-likeness (QED) is 0.439. The van der Waals surface area contributed by atoms with Gasteiger partial charge in [-0.25, -0.2) is 0 Å². The Bertz CT molecular complexity index is 639. The summed E-state index contributed by atoms with van der Waals surface area (Å²) in [5, 5.41) is 0. The maximum atomic E-state index is 3.79. The van der Waals surface area contributed by atoms with Gasteiger partial charge in [-0.05, 0) is 57.0 Å². The van der Waals surface area contributed by atoms with Crippen molar-refractivity contribution in [2.45, 2.75) is 38.5 Å². The molecule has 0 aromatic heterocycles. The average Bonchev–Trinajstić information content (AvgIpc) is 2.39. The normalized spacial score (nSPS) is 18.3. The zero-order valence-corrected chi connectivity index (χ0v) is 16.0. The van der Waals surface area contributed by atoms with Crippen molar-refractivity contribution < 1.29 is 0 Å². The van der Waals surface area contributed by atoms with Crippen molar-refractivity contribution in [3.05, 3.63) is 66.7 Å². The van der Waals surface area contributed by atoms with E-state index >= 15 is 0 Å². The van der Waals surface area contributed by atoms with E-state index in [0.29, 0.717) is 0 Å². The first-order valence-electron chi connectivity index (χ1n) is 6.87. The van der Waals surface area contributed by atoms with Crippen molar-refractivity contribution in [1.82, 2.24) is 0 Å². The molecule has 0 unspecified atom stereocenters. The Hall–Kier alpha value is -0.350. The van der Waals surface area contributed by atoms with Crippen LogP contribution in [-0.2, 0) is 10.8 Å². The summed E-state index contributed by atoms with van der Waals surface area (Å²) in [5.41, 5.74) is 5.88. The summed E-state index contributed by atoms with van der Waals surface area (Å²) < 4.78 is 2.58. The van der Waals surface area contributed by atoms with Crippen LogP contribution >= 0.6 is 38.5 Å². The molecule has 0 bridgehead atoms. The lowest BCUT2D eigenvalue weighted by atomic mass is 9.60. The topological polar surface area (TPSA) is 0 Å². The van der Waals surface area contributed by atoms with Crippen molar-refractivity contribution in [2.24, 2.45) is 0 Å². The van der Waals surface area contributed by atoms with Crippen molar-refractivity contribution in [3.8, 4) is 0 Å². The van der Waals surface area contributed by atoms with E-state index in [9.17, 15) is 0 Å². The predicted molar refractivity (Wildman–Crippen MR) is 97.6 cm³/mol. The molecule has 0 saturated carbocycles. The molecule has 2 aromatic carbocycles. The number of halogens is 2. The highest BCUT2D eigenvalue weighted by atomic mass is 127. The highest BCUT2D eigenvalue weighted by Gasteiger charge is 2.43. The van der Waals surface area contributed by atoms with Gasteiger partial charge in [-0.1, -0.05) is 67.9 Å². The van der Waals surface area contributed by atoms with Crippen molar-refractivity contribution in [1.29, 1.82) is 0 Å². The minimum atomic E-state index is 0.0292. The molecule has 0 saturated heterocycles. The van der Waals surface area contributed by atoms with E-state index in [4.69, 9.17) is 0 Å². The predicted octanol–water partition coefficient (Wildman–Crippen LogP) is 6.02. The lowest BCUT2D eigenvalue weighted by Crippen LogP contribution is -2.37. The van der Waals surface area contributed by atoms with Gasteiger partial charge in [-0.15, -0.1) is 0 Å². The van der Waals surface area contributed by atoms with E-state index in [2.05, 4.69) is 103 Å². The van der Waals surface area contributed by atoms with Crippen LogP contribution in [0.5, 0.6) is 0 Å². The molecular formula is C18H18BrI. The standard InChI is InChI=1S/C18H18BrI/c1-17(2)11-7-5-6-8-12(11)18(3,4)16-14(20)10-9-13(19)15(16)17/h5-10H,1-4H3. The molecule has 104 valence electrons. The molecule has 1 aliphatic carbocycles. The Balaban J connectivity index is 2.49. The van der Waals surface area contributed by atoms with Crippen LogP contribution in [-0.4, -0.2) is 0 Å². The van der Waals surface area contributed by atoms with Crippen LogP contribution in [0, 0.1) is 3.57 Å². The first-order valence-corrected chi connectivity index (χ1v) is 8.74. The van der Waals surface area contributed by atoms with Crippen molar-refractivity contribution in [3.63, 3.8) is 0 Å². The van der Waals surface area contributed by atoms with E-state index in [1.807, 2.05) is 0 Å². The summed E-state index contributed by atoms with van der Waals surface area (Å²) in [6.07, 6.45) is 0. The lowest BCUT2D eigenvalue weighted by Gasteiger charge is -2.44. The lowest BCUT2D eigenvalue weighted by molar-refractivity contribution is 0.516. The molecule has 0 amide bonds. The van der Waals surface area contributed by atoms with Gasteiger partial charge < -0.3 is 0 Å². The number of hydrogen-bond donors (Lipinski definition) is 0. The zero-order chi connectivity index (χ0) is 14.7. The van der Waals surface area contributed by atoms with E-state index < -0.39 is 0 Å². The Morgan fingerprint density at radius 2 is 1.30 bits per heavy atom. The van der Waals surface area contributed by atoms with Crippen LogP contribution in [0.3, 0.4) is 0 Å². The Kier molecular flexibility index (Phi) is 3.33. The highest BCUT2D eigenvalue weighted by molar-refractivity contribution is 14.1. The number of benzene rings is 2. The molecule has 0 radical (unpaired) electrons. The largest absolute Gasteiger partial charge is 0.0619 e. The molecule has 0 atom stereocenters. The number of fused-ring (bicyclic) bond motifs is 2. The fraction of sp³-hybridized carbons (Fsp3) is 0.333. The van der Waals surface area contributed by atoms with Gasteiger partial charge in [-0.3, -0.25) is 0 Å². The van der Waals surface area contributed by atoms with Crippen LogP contribution in [0.25, 0.3) is 0 Å². The smallest absolute Gasteiger partial charge is 0.0219 e. The van der Waals surface area contributed by atoms with Crippen molar-refractivity contribution in [2.75, 3.05) is 0 Å². The van der Waals surface area contributed by atoms with Gasteiger partial charge in [0.25, 0.3) is 0 Å². The molecule has 3 rings (SSSR count). The third kappa shape index (κ3) is 1.83. The molecule has 0 spiro atoms. The van der Waals surface area contributed by atoms with Gasteiger partial charge in [0.2, 0.25) is 0 Å². The first kappa shape index (κ1) is 14.6. The molecular weight excluding hydrogens is 423 g/mol. The maximum absolute atomic E-state index is 3.79. The molecule has 0 aliphatic heterocycles. The fourth-order valence-electron chi connectivity index (χ4n) is 3.62. The third-order valence-electron chi connectivity index (χ3n) is 4.63. The maximum Gasteiger partial charge on any atom is 0.0219 e. The SMILES string of the molecule is CC1(C)c2ccccc2C(C)(C)c2c(I)ccc(Br)c21. The molecule has 2 aromatic rings. The third-order valence-corrected chi connectivity index (χ3v) is 6.19. The van der Waals surface area contributed by atoms with Crippen LogP contribution in [0.2, 0.25) is 0 Å². The molecule has 0 nitrogen and oxygen atoms in total. The highest BCUT2D eigenvalue weighted by Crippen LogP contribution is 2.52. The van der Waals surface area contributed by atoms with E-state index in [0.717, 1.165) is 0 Å². The Morgan fingerprint density at radius 3 is 1.85 bits per heavy atom. The fourth-order valence-corrected chi connectivity index (χ4v) is 5.57. The summed E-state index contributed by atoms with van der Waals surface area (Å²) in [6.45, 7) is 9.35.